The van der Waals surface area contributed by atoms with Crippen molar-refractivity contribution in [1.29, 1.82) is 0 Å². The van der Waals surface area contributed by atoms with Gasteiger partial charge in [-0.05, 0) is 18.6 Å². The first kappa shape index (κ1) is 13.5. The number of morpholine rings is 1. The quantitative estimate of drug-likeness (QED) is 0.916. The number of halogens is 1. The van der Waals surface area contributed by atoms with E-state index >= 15 is 0 Å². The molecule has 1 N–H and O–H groups in total. The van der Waals surface area contributed by atoms with Crippen LogP contribution in [0.2, 0.25) is 5.02 Å². The molecule has 1 aliphatic rings. The van der Waals surface area contributed by atoms with E-state index in [9.17, 15) is 0 Å². The number of aryl methyl sites for hydroxylation is 1. The van der Waals surface area contributed by atoms with Crippen molar-refractivity contribution >= 4 is 11.6 Å². The first-order valence-corrected chi connectivity index (χ1v) is 6.30. The Morgan fingerprint density at radius 2 is 2.17 bits per heavy atom. The summed E-state index contributed by atoms with van der Waals surface area (Å²) in [7, 11) is 3.19. The van der Waals surface area contributed by atoms with Crippen molar-refractivity contribution in [2.45, 2.75) is 13.0 Å². The Kier molecular flexibility index (Phi) is 4.32. The molecule has 100 valence electrons. The molecule has 2 rings (SSSR count). The van der Waals surface area contributed by atoms with Crippen LogP contribution in [0.5, 0.6) is 11.5 Å². The van der Waals surface area contributed by atoms with Gasteiger partial charge in [0.1, 0.15) is 0 Å². The molecule has 0 spiro atoms. The first-order valence-electron chi connectivity index (χ1n) is 5.92. The average Bonchev–Trinajstić information content (AvgIpc) is 2.39. The molecule has 0 aliphatic carbocycles. The Balaban J connectivity index is 2.46. The summed E-state index contributed by atoms with van der Waals surface area (Å²) >= 11 is 6.42. The molecule has 0 saturated carbocycles. The second-order valence-electron chi connectivity index (χ2n) is 4.22. The van der Waals surface area contributed by atoms with E-state index in [1.165, 1.54) is 0 Å². The van der Waals surface area contributed by atoms with Crippen LogP contribution < -0.4 is 14.8 Å². The third-order valence-electron chi connectivity index (χ3n) is 3.11. The molecule has 1 aromatic carbocycles. The lowest BCUT2D eigenvalue weighted by Crippen LogP contribution is -2.33. The van der Waals surface area contributed by atoms with Gasteiger partial charge in [0, 0.05) is 18.7 Å². The van der Waals surface area contributed by atoms with E-state index in [4.69, 9.17) is 25.8 Å². The molecular weight excluding hydrogens is 254 g/mol. The number of benzene rings is 1. The molecule has 1 aromatic rings. The number of nitrogens with one attached hydrogen (secondary N) is 1. The number of methoxy groups -OCH3 is 2. The van der Waals surface area contributed by atoms with Crippen LogP contribution in [0.3, 0.4) is 0 Å². The smallest absolute Gasteiger partial charge is 0.179 e. The SMILES string of the molecule is COc1cc(C)c(C2CNCCO2)c(Cl)c1OC. The molecule has 0 aromatic heterocycles. The highest BCUT2D eigenvalue weighted by molar-refractivity contribution is 6.33. The molecule has 18 heavy (non-hydrogen) atoms. The van der Waals surface area contributed by atoms with E-state index in [0.29, 0.717) is 23.1 Å². The van der Waals surface area contributed by atoms with Crippen molar-refractivity contribution < 1.29 is 14.2 Å². The summed E-state index contributed by atoms with van der Waals surface area (Å²) in [6, 6.07) is 1.93. The van der Waals surface area contributed by atoms with Crippen LogP contribution >= 0.6 is 11.6 Å². The third-order valence-corrected chi connectivity index (χ3v) is 3.48. The zero-order valence-electron chi connectivity index (χ0n) is 10.9. The fraction of sp³-hybridized carbons (Fsp3) is 0.538. The Morgan fingerprint density at radius 3 is 2.72 bits per heavy atom. The van der Waals surface area contributed by atoms with Crippen LogP contribution in [0.1, 0.15) is 17.2 Å². The van der Waals surface area contributed by atoms with E-state index in [2.05, 4.69) is 5.32 Å². The Labute approximate surface area is 112 Å². The summed E-state index contributed by atoms with van der Waals surface area (Å²) in [6.45, 7) is 4.33. The van der Waals surface area contributed by atoms with Gasteiger partial charge in [-0.2, -0.15) is 0 Å². The molecule has 1 aliphatic heterocycles. The van der Waals surface area contributed by atoms with Crippen molar-refractivity contribution in [3.8, 4) is 11.5 Å². The van der Waals surface area contributed by atoms with Crippen LogP contribution in [-0.2, 0) is 4.74 Å². The number of hydrogen-bond acceptors (Lipinski definition) is 4. The normalized spacial score (nSPS) is 19.7. The maximum atomic E-state index is 6.42. The monoisotopic (exact) mass is 271 g/mol. The number of rotatable bonds is 3. The second kappa shape index (κ2) is 5.78. The van der Waals surface area contributed by atoms with Gasteiger partial charge in [0.25, 0.3) is 0 Å². The minimum Gasteiger partial charge on any atom is -0.493 e. The summed E-state index contributed by atoms with van der Waals surface area (Å²) in [6.07, 6.45) is -0.0361. The Bertz CT molecular complexity index is 431. The van der Waals surface area contributed by atoms with E-state index in [-0.39, 0.29) is 6.10 Å². The van der Waals surface area contributed by atoms with Crippen molar-refractivity contribution in [2.24, 2.45) is 0 Å². The van der Waals surface area contributed by atoms with Gasteiger partial charge in [0.2, 0.25) is 0 Å². The van der Waals surface area contributed by atoms with Gasteiger partial charge < -0.3 is 19.5 Å². The first-order chi connectivity index (χ1) is 8.69. The van der Waals surface area contributed by atoms with Gasteiger partial charge in [0.15, 0.2) is 11.5 Å². The van der Waals surface area contributed by atoms with Gasteiger partial charge in [-0.25, -0.2) is 0 Å². The Hall–Kier alpha value is -0.970. The summed E-state index contributed by atoms with van der Waals surface area (Å²) in [4.78, 5) is 0. The zero-order chi connectivity index (χ0) is 13.1. The predicted octanol–water partition coefficient (Wildman–Crippen LogP) is 2.33. The van der Waals surface area contributed by atoms with Gasteiger partial charge >= 0.3 is 0 Å². The average molecular weight is 272 g/mol. The van der Waals surface area contributed by atoms with Crippen molar-refractivity contribution in [1.82, 2.24) is 5.32 Å². The Morgan fingerprint density at radius 1 is 1.39 bits per heavy atom. The minimum absolute atomic E-state index is 0.0361. The summed E-state index contributed by atoms with van der Waals surface area (Å²) in [5.41, 5.74) is 2.02. The van der Waals surface area contributed by atoms with E-state index in [1.54, 1.807) is 14.2 Å². The summed E-state index contributed by atoms with van der Waals surface area (Å²) < 4.78 is 16.4. The fourth-order valence-corrected chi connectivity index (χ4v) is 2.67. The lowest BCUT2D eigenvalue weighted by molar-refractivity contribution is 0.0272. The summed E-state index contributed by atoms with van der Waals surface area (Å²) in [5, 5.41) is 3.87. The molecule has 0 bridgehead atoms. The molecule has 1 saturated heterocycles. The van der Waals surface area contributed by atoms with E-state index in [1.807, 2.05) is 13.0 Å². The van der Waals surface area contributed by atoms with Gasteiger partial charge in [-0.1, -0.05) is 11.6 Å². The molecule has 1 atom stereocenters. The highest BCUT2D eigenvalue weighted by atomic mass is 35.5. The molecule has 5 heteroatoms. The van der Waals surface area contributed by atoms with Crippen molar-refractivity contribution in [3.05, 3.63) is 22.2 Å². The van der Waals surface area contributed by atoms with Crippen LogP contribution in [0.25, 0.3) is 0 Å². The zero-order valence-corrected chi connectivity index (χ0v) is 11.6. The lowest BCUT2D eigenvalue weighted by atomic mass is 10.0. The van der Waals surface area contributed by atoms with Crippen LogP contribution in [0.4, 0.5) is 0 Å². The fourth-order valence-electron chi connectivity index (χ4n) is 2.23. The minimum atomic E-state index is -0.0361. The highest BCUT2D eigenvalue weighted by Gasteiger charge is 2.24. The standard InChI is InChI=1S/C13H18ClNO3/c1-8-6-9(16-2)13(17-3)12(14)11(8)10-7-15-4-5-18-10/h6,10,15H,4-5,7H2,1-3H3. The topological polar surface area (TPSA) is 39.7 Å². The molecule has 1 unspecified atom stereocenters. The molecule has 0 amide bonds. The summed E-state index contributed by atoms with van der Waals surface area (Å²) in [5.74, 6) is 1.21. The predicted molar refractivity (Wildman–Crippen MR) is 70.9 cm³/mol. The van der Waals surface area contributed by atoms with Gasteiger partial charge in [-0.3, -0.25) is 0 Å². The van der Waals surface area contributed by atoms with Crippen molar-refractivity contribution in [2.75, 3.05) is 33.9 Å². The molecular formula is C13H18ClNO3. The van der Waals surface area contributed by atoms with Crippen LogP contribution in [0, 0.1) is 6.92 Å². The highest BCUT2D eigenvalue weighted by Crippen LogP contribution is 2.42. The number of ether oxygens (including phenoxy) is 3. The maximum Gasteiger partial charge on any atom is 0.179 e. The number of hydrogen-bond donors (Lipinski definition) is 1. The third kappa shape index (κ3) is 2.41. The maximum absolute atomic E-state index is 6.42. The van der Waals surface area contributed by atoms with E-state index in [0.717, 1.165) is 24.2 Å². The van der Waals surface area contributed by atoms with Gasteiger partial charge in [-0.15, -0.1) is 0 Å². The molecule has 1 fully saturated rings. The van der Waals surface area contributed by atoms with E-state index < -0.39 is 0 Å². The van der Waals surface area contributed by atoms with Gasteiger partial charge in [0.05, 0.1) is 32.0 Å². The van der Waals surface area contributed by atoms with Crippen molar-refractivity contribution in [3.63, 3.8) is 0 Å². The molecule has 1 heterocycles. The van der Waals surface area contributed by atoms with Crippen LogP contribution in [0.15, 0.2) is 6.07 Å². The largest absolute Gasteiger partial charge is 0.493 e. The molecule has 4 nitrogen and oxygen atoms in total. The lowest BCUT2D eigenvalue weighted by Gasteiger charge is -2.27. The molecule has 0 radical (unpaired) electrons. The second-order valence-corrected chi connectivity index (χ2v) is 4.60. The van der Waals surface area contributed by atoms with Crippen LogP contribution in [-0.4, -0.2) is 33.9 Å².